The van der Waals surface area contributed by atoms with E-state index < -0.39 is 0 Å². The van der Waals surface area contributed by atoms with Crippen molar-refractivity contribution >= 4 is 16.7 Å². The first-order valence-electron chi connectivity index (χ1n) is 5.65. The van der Waals surface area contributed by atoms with Gasteiger partial charge in [-0.15, -0.1) is 0 Å². The first kappa shape index (κ1) is 11.6. The van der Waals surface area contributed by atoms with Crippen LogP contribution in [0.4, 0.5) is 0 Å². The first-order valence-corrected chi connectivity index (χ1v) is 5.65. The summed E-state index contributed by atoms with van der Waals surface area (Å²) in [4.78, 5) is 16.5. The van der Waals surface area contributed by atoms with Gasteiger partial charge in [-0.25, -0.2) is 4.79 Å². The minimum Gasteiger partial charge on any atom is -0.367 e. The van der Waals surface area contributed by atoms with Gasteiger partial charge in [0, 0.05) is 6.54 Å². The van der Waals surface area contributed by atoms with Crippen molar-refractivity contribution in [1.29, 1.82) is 0 Å². The summed E-state index contributed by atoms with van der Waals surface area (Å²) in [6.45, 7) is 4.52. The van der Waals surface area contributed by atoms with E-state index in [4.69, 9.17) is 4.84 Å². The second-order valence-corrected chi connectivity index (χ2v) is 3.95. The quantitative estimate of drug-likeness (QED) is 0.822. The molecule has 0 fully saturated rings. The van der Waals surface area contributed by atoms with Crippen LogP contribution in [-0.4, -0.2) is 12.5 Å². The van der Waals surface area contributed by atoms with Gasteiger partial charge in [0.1, 0.15) is 0 Å². The molecule has 0 amide bonds. The number of fused-ring (bicyclic) bond motifs is 1. The van der Waals surface area contributed by atoms with Gasteiger partial charge in [0.2, 0.25) is 0 Å². The zero-order valence-corrected chi connectivity index (χ0v) is 9.99. The Balaban J connectivity index is 2.31. The van der Waals surface area contributed by atoms with Crippen LogP contribution in [-0.2, 0) is 4.84 Å². The van der Waals surface area contributed by atoms with Crippen LogP contribution in [0.3, 0.4) is 0 Å². The molecule has 2 aromatic rings. The van der Waals surface area contributed by atoms with Gasteiger partial charge in [-0.05, 0) is 36.8 Å². The highest BCUT2D eigenvalue weighted by atomic mass is 16.7. The number of benzene rings is 2. The Labute approximate surface area is 100 Å². The van der Waals surface area contributed by atoms with Crippen LogP contribution >= 0.6 is 0 Å². The molecule has 3 nitrogen and oxygen atoms in total. The van der Waals surface area contributed by atoms with Gasteiger partial charge in [0.25, 0.3) is 0 Å². The molecule has 3 heteroatoms. The van der Waals surface area contributed by atoms with Gasteiger partial charge in [-0.3, -0.25) is 0 Å². The lowest BCUT2D eigenvalue weighted by Gasteiger charge is -2.05. The predicted molar refractivity (Wildman–Crippen MR) is 67.8 cm³/mol. The van der Waals surface area contributed by atoms with Crippen LogP contribution in [0, 0.1) is 6.92 Å². The Kier molecular flexibility index (Phi) is 3.40. The molecule has 0 aliphatic rings. The molecule has 0 aromatic heterocycles. The second kappa shape index (κ2) is 4.97. The van der Waals surface area contributed by atoms with Crippen molar-refractivity contribution in [2.45, 2.75) is 13.8 Å². The molecule has 2 rings (SSSR count). The molecular formula is C14H15NO2. The van der Waals surface area contributed by atoms with Gasteiger partial charge >= 0.3 is 5.97 Å². The van der Waals surface area contributed by atoms with Crippen LogP contribution in [0.1, 0.15) is 22.8 Å². The van der Waals surface area contributed by atoms with E-state index in [2.05, 4.69) is 11.5 Å². The molecule has 17 heavy (non-hydrogen) atoms. The minimum atomic E-state index is -0.352. The van der Waals surface area contributed by atoms with Gasteiger partial charge in [0.05, 0.1) is 5.56 Å². The fourth-order valence-electron chi connectivity index (χ4n) is 1.69. The van der Waals surface area contributed by atoms with E-state index in [1.54, 1.807) is 6.07 Å². The topological polar surface area (TPSA) is 38.3 Å². The summed E-state index contributed by atoms with van der Waals surface area (Å²) in [6.07, 6.45) is 0. The molecular weight excluding hydrogens is 214 g/mol. The maximum Gasteiger partial charge on any atom is 0.356 e. The summed E-state index contributed by atoms with van der Waals surface area (Å²) in [5.41, 5.74) is 4.32. The summed E-state index contributed by atoms with van der Waals surface area (Å²) in [5, 5.41) is 2.17. The van der Waals surface area contributed by atoms with E-state index in [9.17, 15) is 4.79 Å². The van der Waals surface area contributed by atoms with Gasteiger partial charge < -0.3 is 4.84 Å². The van der Waals surface area contributed by atoms with E-state index >= 15 is 0 Å². The summed E-state index contributed by atoms with van der Waals surface area (Å²) >= 11 is 0. The number of hydroxylamine groups is 1. The molecule has 0 saturated carbocycles. The summed E-state index contributed by atoms with van der Waals surface area (Å²) in [6, 6.07) is 11.7. The smallest absolute Gasteiger partial charge is 0.356 e. The highest BCUT2D eigenvalue weighted by Crippen LogP contribution is 2.18. The Morgan fingerprint density at radius 2 is 1.88 bits per heavy atom. The molecule has 0 aliphatic carbocycles. The molecule has 2 aromatic carbocycles. The maximum atomic E-state index is 11.6. The Morgan fingerprint density at radius 3 is 2.65 bits per heavy atom. The van der Waals surface area contributed by atoms with E-state index in [0.29, 0.717) is 12.1 Å². The number of carbonyl (C=O) groups is 1. The Bertz CT molecular complexity index is 549. The number of aryl methyl sites for hydroxylation is 1. The molecule has 0 spiro atoms. The zero-order chi connectivity index (χ0) is 12.3. The molecule has 1 N–H and O–H groups in total. The standard InChI is InChI=1S/C14H15NO2/c1-3-15-17-14(16)13-7-6-11-8-10(2)4-5-12(11)9-13/h4-9,15H,3H2,1-2H3. The number of hydrogen-bond donors (Lipinski definition) is 1. The predicted octanol–water partition coefficient (Wildman–Crippen LogP) is 2.83. The third-order valence-corrected chi connectivity index (χ3v) is 2.54. The van der Waals surface area contributed by atoms with E-state index in [0.717, 1.165) is 10.8 Å². The van der Waals surface area contributed by atoms with Gasteiger partial charge in [-0.1, -0.05) is 29.8 Å². The van der Waals surface area contributed by atoms with Crippen LogP contribution in [0.25, 0.3) is 10.8 Å². The first-order chi connectivity index (χ1) is 8.20. The van der Waals surface area contributed by atoms with Crippen LogP contribution in [0.15, 0.2) is 36.4 Å². The summed E-state index contributed by atoms with van der Waals surface area (Å²) in [5.74, 6) is -0.352. The van der Waals surface area contributed by atoms with Crippen molar-refractivity contribution in [2.75, 3.05) is 6.54 Å². The van der Waals surface area contributed by atoms with Crippen molar-refractivity contribution in [3.63, 3.8) is 0 Å². The van der Waals surface area contributed by atoms with E-state index in [-0.39, 0.29) is 5.97 Å². The fraction of sp³-hybridized carbons (Fsp3) is 0.214. The molecule has 0 heterocycles. The normalized spacial score (nSPS) is 10.5. The molecule has 88 valence electrons. The number of nitrogens with one attached hydrogen (secondary N) is 1. The average Bonchev–Trinajstić information content (AvgIpc) is 2.35. The van der Waals surface area contributed by atoms with Crippen molar-refractivity contribution in [3.05, 3.63) is 47.5 Å². The average molecular weight is 229 g/mol. The third-order valence-electron chi connectivity index (χ3n) is 2.54. The Morgan fingerprint density at radius 1 is 1.18 bits per heavy atom. The maximum absolute atomic E-state index is 11.6. The number of rotatable bonds is 3. The number of hydrogen-bond acceptors (Lipinski definition) is 3. The highest BCUT2D eigenvalue weighted by Gasteiger charge is 2.07. The molecule has 0 unspecified atom stereocenters. The monoisotopic (exact) mass is 229 g/mol. The van der Waals surface area contributed by atoms with Crippen molar-refractivity contribution < 1.29 is 9.63 Å². The minimum absolute atomic E-state index is 0.352. The summed E-state index contributed by atoms with van der Waals surface area (Å²) < 4.78 is 0. The third kappa shape index (κ3) is 2.63. The lowest BCUT2D eigenvalue weighted by atomic mass is 10.1. The van der Waals surface area contributed by atoms with Crippen LogP contribution in [0.5, 0.6) is 0 Å². The second-order valence-electron chi connectivity index (χ2n) is 3.95. The SMILES string of the molecule is CCNOC(=O)c1ccc2cc(C)ccc2c1. The number of carbonyl (C=O) groups excluding carboxylic acids is 1. The lowest BCUT2D eigenvalue weighted by Crippen LogP contribution is -2.19. The van der Waals surface area contributed by atoms with E-state index in [1.165, 1.54) is 5.56 Å². The van der Waals surface area contributed by atoms with Crippen LogP contribution < -0.4 is 5.48 Å². The largest absolute Gasteiger partial charge is 0.367 e. The van der Waals surface area contributed by atoms with Gasteiger partial charge in [-0.2, -0.15) is 5.48 Å². The molecule has 0 radical (unpaired) electrons. The van der Waals surface area contributed by atoms with Crippen molar-refractivity contribution in [3.8, 4) is 0 Å². The molecule has 0 saturated heterocycles. The van der Waals surface area contributed by atoms with Gasteiger partial charge in [0.15, 0.2) is 0 Å². The van der Waals surface area contributed by atoms with Crippen LogP contribution in [0.2, 0.25) is 0 Å². The molecule has 0 aliphatic heterocycles. The highest BCUT2D eigenvalue weighted by molar-refractivity contribution is 5.95. The summed E-state index contributed by atoms with van der Waals surface area (Å²) in [7, 11) is 0. The molecule has 0 atom stereocenters. The fourth-order valence-corrected chi connectivity index (χ4v) is 1.69. The zero-order valence-electron chi connectivity index (χ0n) is 9.99. The van der Waals surface area contributed by atoms with Crippen molar-refractivity contribution in [1.82, 2.24) is 5.48 Å². The van der Waals surface area contributed by atoms with E-state index in [1.807, 2.05) is 38.1 Å². The van der Waals surface area contributed by atoms with Crippen molar-refractivity contribution in [2.24, 2.45) is 0 Å². The molecule has 0 bridgehead atoms. The Hall–Kier alpha value is -1.87. The lowest BCUT2D eigenvalue weighted by molar-refractivity contribution is 0.0266.